The number of thiazole rings is 1. The normalized spacial score (nSPS) is 12.1. The summed E-state index contributed by atoms with van der Waals surface area (Å²) in [5.41, 5.74) is 1.41. The number of nitrogens with zero attached hydrogens (tertiary/aromatic N) is 3. The van der Waals surface area contributed by atoms with Gasteiger partial charge in [0.05, 0.1) is 17.4 Å². The Morgan fingerprint density at radius 1 is 1.17 bits per heavy atom. The Balaban J connectivity index is 1.49. The first kappa shape index (κ1) is 18.1. The van der Waals surface area contributed by atoms with Crippen LogP contribution in [0.1, 0.15) is 21.9 Å². The molecular weight excluding hydrogens is 406 g/mol. The van der Waals surface area contributed by atoms with Crippen LogP contribution in [0.4, 0.5) is 0 Å². The molecule has 30 heavy (non-hydrogen) atoms. The van der Waals surface area contributed by atoms with E-state index in [1.807, 2.05) is 6.92 Å². The third kappa shape index (κ3) is 3.01. The summed E-state index contributed by atoms with van der Waals surface area (Å²) in [7, 11) is 0. The van der Waals surface area contributed by atoms with Gasteiger partial charge in [-0.2, -0.15) is 9.50 Å². The number of hydrogen-bond acceptors (Lipinski definition) is 7. The third-order valence-electron chi connectivity index (χ3n) is 4.60. The number of furan rings is 2. The summed E-state index contributed by atoms with van der Waals surface area (Å²) in [4.78, 5) is 28.6. The van der Waals surface area contributed by atoms with Crippen molar-refractivity contribution >= 4 is 28.3 Å². The van der Waals surface area contributed by atoms with Crippen molar-refractivity contribution in [3.8, 4) is 22.7 Å². The summed E-state index contributed by atoms with van der Waals surface area (Å²) >= 11 is 1.22. The molecule has 5 rings (SSSR count). The van der Waals surface area contributed by atoms with Gasteiger partial charge in [-0.1, -0.05) is 23.5 Å². The van der Waals surface area contributed by atoms with E-state index in [2.05, 4.69) is 10.1 Å². The molecule has 8 nitrogen and oxygen atoms in total. The zero-order chi connectivity index (χ0) is 20.8. The van der Waals surface area contributed by atoms with E-state index < -0.39 is 5.97 Å². The summed E-state index contributed by atoms with van der Waals surface area (Å²) in [5, 5.41) is 13.3. The Morgan fingerprint density at radius 2 is 1.97 bits per heavy atom. The van der Waals surface area contributed by atoms with Crippen molar-refractivity contribution in [3.63, 3.8) is 0 Å². The molecule has 1 aromatic carbocycles. The highest BCUT2D eigenvalue weighted by Crippen LogP contribution is 2.24. The SMILES string of the molecule is Cc1occc1-c1nc2sc(=Cc3ccc(-c4ccc(C(=O)O)cc4)o3)c(=O)n2n1. The number of fused-ring (bicyclic) bond motifs is 1. The van der Waals surface area contributed by atoms with E-state index in [1.54, 1.807) is 42.7 Å². The van der Waals surface area contributed by atoms with Gasteiger partial charge in [0, 0.05) is 11.6 Å². The first-order valence-corrected chi connectivity index (χ1v) is 9.70. The Labute approximate surface area is 172 Å². The van der Waals surface area contributed by atoms with Gasteiger partial charge < -0.3 is 13.9 Å². The highest BCUT2D eigenvalue weighted by molar-refractivity contribution is 7.15. The van der Waals surface area contributed by atoms with E-state index in [4.69, 9.17) is 13.9 Å². The van der Waals surface area contributed by atoms with Crippen LogP contribution in [0.5, 0.6) is 0 Å². The minimum absolute atomic E-state index is 0.201. The van der Waals surface area contributed by atoms with Crippen molar-refractivity contribution in [2.45, 2.75) is 6.92 Å². The predicted molar refractivity (Wildman–Crippen MR) is 109 cm³/mol. The van der Waals surface area contributed by atoms with Gasteiger partial charge in [-0.15, -0.1) is 5.10 Å². The van der Waals surface area contributed by atoms with Crippen LogP contribution in [0, 0.1) is 6.92 Å². The van der Waals surface area contributed by atoms with Gasteiger partial charge in [0.1, 0.15) is 21.8 Å². The quantitative estimate of drug-likeness (QED) is 0.476. The zero-order valence-corrected chi connectivity index (χ0v) is 16.3. The average molecular weight is 419 g/mol. The molecule has 4 heterocycles. The fraction of sp³-hybridized carbons (Fsp3) is 0.0476. The Bertz CT molecular complexity index is 1500. The number of hydrogen-bond donors (Lipinski definition) is 1. The van der Waals surface area contributed by atoms with Crippen LogP contribution in [-0.4, -0.2) is 25.7 Å². The first-order valence-electron chi connectivity index (χ1n) is 8.89. The minimum Gasteiger partial charge on any atom is -0.478 e. The van der Waals surface area contributed by atoms with Gasteiger partial charge >= 0.3 is 5.97 Å². The first-order chi connectivity index (χ1) is 14.5. The number of aromatic carboxylic acids is 1. The molecule has 0 saturated heterocycles. The highest BCUT2D eigenvalue weighted by Gasteiger charge is 2.15. The van der Waals surface area contributed by atoms with E-state index in [-0.39, 0.29) is 11.1 Å². The number of carbonyl (C=O) groups is 1. The Kier molecular flexibility index (Phi) is 4.11. The summed E-state index contributed by atoms with van der Waals surface area (Å²) < 4.78 is 12.8. The molecule has 9 heteroatoms. The lowest BCUT2D eigenvalue weighted by atomic mass is 10.1. The van der Waals surface area contributed by atoms with Crippen LogP contribution < -0.4 is 10.1 Å². The van der Waals surface area contributed by atoms with Gasteiger partial charge in [-0.05, 0) is 37.3 Å². The Morgan fingerprint density at radius 3 is 2.63 bits per heavy atom. The molecule has 1 N–H and O–H groups in total. The zero-order valence-electron chi connectivity index (χ0n) is 15.5. The van der Waals surface area contributed by atoms with Crippen LogP contribution in [0.2, 0.25) is 0 Å². The monoisotopic (exact) mass is 419 g/mol. The molecular formula is C21H13N3O5S. The maximum absolute atomic E-state index is 12.7. The van der Waals surface area contributed by atoms with Crippen molar-refractivity contribution in [1.82, 2.24) is 14.6 Å². The number of carboxylic acids is 1. The van der Waals surface area contributed by atoms with Gasteiger partial charge in [0.25, 0.3) is 5.56 Å². The van der Waals surface area contributed by atoms with Crippen LogP contribution in [0.3, 0.4) is 0 Å². The molecule has 0 spiro atoms. The molecule has 148 valence electrons. The van der Waals surface area contributed by atoms with Crippen molar-refractivity contribution < 1.29 is 18.7 Å². The molecule has 0 aliphatic rings. The van der Waals surface area contributed by atoms with Crippen LogP contribution in [0.15, 0.2) is 62.4 Å². The Hall–Kier alpha value is -3.98. The molecule has 0 radical (unpaired) electrons. The summed E-state index contributed by atoms with van der Waals surface area (Å²) in [5.74, 6) is 1.22. The molecule has 0 aliphatic carbocycles. The second-order valence-electron chi connectivity index (χ2n) is 6.52. The van der Waals surface area contributed by atoms with Crippen molar-refractivity contribution in [1.29, 1.82) is 0 Å². The van der Waals surface area contributed by atoms with E-state index in [0.29, 0.717) is 32.6 Å². The maximum Gasteiger partial charge on any atom is 0.335 e. The van der Waals surface area contributed by atoms with E-state index >= 15 is 0 Å². The van der Waals surface area contributed by atoms with Gasteiger partial charge in [0.15, 0.2) is 5.82 Å². The van der Waals surface area contributed by atoms with Crippen molar-refractivity contribution in [2.24, 2.45) is 0 Å². The van der Waals surface area contributed by atoms with Crippen LogP contribution in [0.25, 0.3) is 33.7 Å². The molecule has 0 fully saturated rings. The molecule has 0 unspecified atom stereocenters. The maximum atomic E-state index is 12.7. The molecule has 4 aromatic heterocycles. The highest BCUT2D eigenvalue weighted by atomic mass is 32.1. The summed E-state index contributed by atoms with van der Waals surface area (Å²) in [6, 6.07) is 11.6. The van der Waals surface area contributed by atoms with E-state index in [9.17, 15) is 9.59 Å². The fourth-order valence-corrected chi connectivity index (χ4v) is 3.94. The number of carboxylic acid groups (broad SMARTS) is 1. The second kappa shape index (κ2) is 6.82. The van der Waals surface area contributed by atoms with Crippen LogP contribution >= 0.6 is 11.3 Å². The topological polar surface area (TPSA) is 111 Å². The predicted octanol–water partition coefficient (Wildman–Crippen LogP) is 3.23. The standard InChI is InChI=1S/C21H13N3O5S/c1-11-15(8-9-28-11)18-22-21-24(23-18)19(25)17(30-21)10-14-6-7-16(29-14)12-2-4-13(5-3-12)20(26)27/h2-10H,1H3,(H,26,27). The largest absolute Gasteiger partial charge is 0.478 e. The third-order valence-corrected chi connectivity index (χ3v) is 5.56. The summed E-state index contributed by atoms with van der Waals surface area (Å²) in [6.45, 7) is 1.81. The number of aryl methyl sites for hydroxylation is 1. The molecule has 0 saturated carbocycles. The average Bonchev–Trinajstić information content (AvgIpc) is 3.50. The minimum atomic E-state index is -0.986. The molecule has 0 aliphatic heterocycles. The van der Waals surface area contributed by atoms with Crippen molar-refractivity contribution in [3.05, 3.63) is 80.7 Å². The molecule has 0 atom stereocenters. The lowest BCUT2D eigenvalue weighted by Gasteiger charge is -1.98. The van der Waals surface area contributed by atoms with Gasteiger partial charge in [-0.25, -0.2) is 4.79 Å². The smallest absolute Gasteiger partial charge is 0.335 e. The number of rotatable bonds is 4. The van der Waals surface area contributed by atoms with Crippen molar-refractivity contribution in [2.75, 3.05) is 0 Å². The van der Waals surface area contributed by atoms with E-state index in [0.717, 1.165) is 11.1 Å². The van der Waals surface area contributed by atoms with Gasteiger partial charge in [-0.3, -0.25) is 4.79 Å². The summed E-state index contributed by atoms with van der Waals surface area (Å²) in [6.07, 6.45) is 3.20. The van der Waals surface area contributed by atoms with E-state index in [1.165, 1.54) is 28.0 Å². The molecule has 0 amide bonds. The van der Waals surface area contributed by atoms with Crippen LogP contribution in [-0.2, 0) is 0 Å². The lowest BCUT2D eigenvalue weighted by Crippen LogP contribution is -2.23. The number of benzene rings is 1. The fourth-order valence-electron chi connectivity index (χ4n) is 3.06. The molecule has 0 bridgehead atoms. The molecule has 5 aromatic rings. The number of aromatic nitrogens is 3. The lowest BCUT2D eigenvalue weighted by molar-refractivity contribution is 0.0697. The van der Waals surface area contributed by atoms with Gasteiger partial charge in [0.2, 0.25) is 4.96 Å². The second-order valence-corrected chi connectivity index (χ2v) is 7.53.